The molecule has 0 nitrogen and oxygen atoms in total. The molecule has 0 atom stereocenters. The molecular formula is C5H9I. The van der Waals surface area contributed by atoms with Crippen LogP contribution in [-0.4, -0.2) is 4.43 Å². The summed E-state index contributed by atoms with van der Waals surface area (Å²) >= 11 is 2.31. The highest BCUT2D eigenvalue weighted by Gasteiger charge is 1.79. The van der Waals surface area contributed by atoms with Crippen molar-refractivity contribution in [2.45, 2.75) is 13.3 Å². The van der Waals surface area contributed by atoms with Crippen LogP contribution in [0.2, 0.25) is 0 Å². The maximum atomic E-state index is 3.78. The first-order chi connectivity index (χ1) is 2.81. The number of allylic oxidation sites excluding steroid dienone is 1. The molecular weight excluding hydrogens is 187 g/mol. The predicted octanol–water partition coefficient (Wildman–Crippen LogP) is 2.39. The van der Waals surface area contributed by atoms with Gasteiger partial charge in [0.15, 0.2) is 0 Å². The van der Waals surface area contributed by atoms with Gasteiger partial charge in [0.1, 0.15) is 0 Å². The van der Waals surface area contributed by atoms with E-state index < -0.39 is 0 Å². The molecule has 0 aliphatic carbocycles. The van der Waals surface area contributed by atoms with Crippen molar-refractivity contribution in [3.8, 4) is 0 Å². The maximum Gasteiger partial charge on any atom is 0.0203 e. The van der Waals surface area contributed by atoms with Crippen molar-refractivity contribution >= 4 is 22.6 Å². The van der Waals surface area contributed by atoms with E-state index in [1.807, 2.05) is 0 Å². The van der Waals surface area contributed by atoms with Crippen LogP contribution in [0.4, 0.5) is 0 Å². The van der Waals surface area contributed by atoms with Gasteiger partial charge in [-0.2, -0.15) is 0 Å². The molecule has 0 aromatic rings. The van der Waals surface area contributed by atoms with E-state index in [1.165, 1.54) is 5.57 Å². The van der Waals surface area contributed by atoms with E-state index in [0.29, 0.717) is 0 Å². The van der Waals surface area contributed by atoms with Crippen molar-refractivity contribution in [2.24, 2.45) is 0 Å². The Hall–Kier alpha value is 0.470. The lowest BCUT2D eigenvalue weighted by atomic mass is 10.3. The number of hydrogen-bond acceptors (Lipinski definition) is 0. The van der Waals surface area contributed by atoms with Crippen molar-refractivity contribution in [1.82, 2.24) is 0 Å². The van der Waals surface area contributed by atoms with Gasteiger partial charge in [-0.1, -0.05) is 41.7 Å². The third-order valence-electron chi connectivity index (χ3n) is 0.689. The molecule has 0 saturated heterocycles. The van der Waals surface area contributed by atoms with E-state index in [1.54, 1.807) is 0 Å². The van der Waals surface area contributed by atoms with Crippen LogP contribution >= 0.6 is 22.6 Å². The molecule has 0 radical (unpaired) electrons. The Morgan fingerprint density at radius 2 is 2.33 bits per heavy atom. The van der Waals surface area contributed by atoms with Gasteiger partial charge in [-0.3, -0.25) is 0 Å². The van der Waals surface area contributed by atoms with Crippen LogP contribution < -0.4 is 0 Å². The van der Waals surface area contributed by atoms with Crippen LogP contribution in [0.3, 0.4) is 0 Å². The maximum absolute atomic E-state index is 3.78. The van der Waals surface area contributed by atoms with Crippen molar-refractivity contribution in [2.75, 3.05) is 4.43 Å². The van der Waals surface area contributed by atoms with Gasteiger partial charge in [0, 0.05) is 4.43 Å². The molecule has 0 aliphatic heterocycles. The molecule has 0 N–H and O–H groups in total. The molecule has 0 aliphatic rings. The number of alkyl halides is 1. The van der Waals surface area contributed by atoms with E-state index in [9.17, 15) is 0 Å². The zero-order chi connectivity index (χ0) is 4.99. The van der Waals surface area contributed by atoms with E-state index in [4.69, 9.17) is 0 Å². The normalized spacial score (nSPS) is 8.33. The third kappa shape index (κ3) is 2.69. The lowest BCUT2D eigenvalue weighted by molar-refractivity contribution is 1.13. The van der Waals surface area contributed by atoms with Gasteiger partial charge in [0.25, 0.3) is 0 Å². The summed E-state index contributed by atoms with van der Waals surface area (Å²) in [6, 6.07) is 0. The highest BCUT2D eigenvalue weighted by atomic mass is 127. The molecule has 6 heavy (non-hydrogen) atoms. The van der Waals surface area contributed by atoms with Crippen molar-refractivity contribution in [1.29, 1.82) is 0 Å². The van der Waals surface area contributed by atoms with Crippen molar-refractivity contribution in [3.63, 3.8) is 0 Å². The van der Waals surface area contributed by atoms with Crippen molar-refractivity contribution in [3.05, 3.63) is 12.2 Å². The SMILES string of the molecule is C=C(CC)CI. The Labute approximate surface area is 52.8 Å². The van der Waals surface area contributed by atoms with E-state index in [-0.39, 0.29) is 0 Å². The average Bonchev–Trinajstić information content (AvgIpc) is 1.65. The van der Waals surface area contributed by atoms with E-state index in [2.05, 4.69) is 36.1 Å². The molecule has 36 valence electrons. The Morgan fingerprint density at radius 3 is 2.33 bits per heavy atom. The Morgan fingerprint density at radius 1 is 1.83 bits per heavy atom. The zero-order valence-corrected chi connectivity index (χ0v) is 6.16. The first kappa shape index (κ1) is 6.47. The quantitative estimate of drug-likeness (QED) is 0.361. The summed E-state index contributed by atoms with van der Waals surface area (Å²) in [4.78, 5) is 0. The molecule has 1 heteroatoms. The molecule has 0 aromatic carbocycles. The van der Waals surface area contributed by atoms with Gasteiger partial charge in [-0.25, -0.2) is 0 Å². The van der Waals surface area contributed by atoms with Gasteiger partial charge in [0.05, 0.1) is 0 Å². The Bertz CT molecular complexity index is 41.9. The van der Waals surface area contributed by atoms with Crippen molar-refractivity contribution < 1.29 is 0 Å². The van der Waals surface area contributed by atoms with Gasteiger partial charge in [0.2, 0.25) is 0 Å². The first-order valence-corrected chi connectivity index (χ1v) is 3.56. The summed E-state index contributed by atoms with van der Waals surface area (Å²) in [6.07, 6.45) is 1.13. The summed E-state index contributed by atoms with van der Waals surface area (Å²) in [6.45, 7) is 5.91. The fourth-order valence-electron chi connectivity index (χ4n) is 0.0945. The Balaban J connectivity index is 2.99. The van der Waals surface area contributed by atoms with Gasteiger partial charge < -0.3 is 0 Å². The number of hydrogen-bond donors (Lipinski definition) is 0. The molecule has 0 aromatic heterocycles. The topological polar surface area (TPSA) is 0 Å². The summed E-state index contributed by atoms with van der Waals surface area (Å²) in [5.74, 6) is 0. The summed E-state index contributed by atoms with van der Waals surface area (Å²) in [7, 11) is 0. The van der Waals surface area contributed by atoms with Crippen LogP contribution in [0.15, 0.2) is 12.2 Å². The minimum absolute atomic E-state index is 1.11. The summed E-state index contributed by atoms with van der Waals surface area (Å²) in [5, 5.41) is 0. The molecule has 0 rings (SSSR count). The van der Waals surface area contributed by atoms with E-state index >= 15 is 0 Å². The van der Waals surface area contributed by atoms with E-state index in [0.717, 1.165) is 10.8 Å². The van der Waals surface area contributed by atoms with Crippen LogP contribution in [0, 0.1) is 0 Å². The van der Waals surface area contributed by atoms with Crippen LogP contribution in [0.25, 0.3) is 0 Å². The molecule has 0 heterocycles. The highest BCUT2D eigenvalue weighted by Crippen LogP contribution is 1.99. The fraction of sp³-hybridized carbons (Fsp3) is 0.600. The largest absolute Gasteiger partial charge is 0.0991 e. The van der Waals surface area contributed by atoms with Gasteiger partial charge in [-0.15, -0.1) is 0 Å². The number of halogens is 1. The molecule has 0 fully saturated rings. The lowest BCUT2D eigenvalue weighted by Gasteiger charge is -1.87. The second kappa shape index (κ2) is 3.65. The summed E-state index contributed by atoms with van der Waals surface area (Å²) in [5.41, 5.74) is 1.33. The van der Waals surface area contributed by atoms with Crippen LogP contribution in [0.1, 0.15) is 13.3 Å². The average molecular weight is 196 g/mol. The molecule has 0 amide bonds. The monoisotopic (exact) mass is 196 g/mol. The zero-order valence-electron chi connectivity index (χ0n) is 4.00. The first-order valence-electron chi connectivity index (χ1n) is 2.04. The lowest BCUT2D eigenvalue weighted by Crippen LogP contribution is -1.73. The standard InChI is InChI=1S/C5H9I/c1-3-5(2)4-6/h2-4H2,1H3. The molecule has 0 unspecified atom stereocenters. The van der Waals surface area contributed by atoms with Gasteiger partial charge >= 0.3 is 0 Å². The fourth-order valence-corrected chi connectivity index (χ4v) is 0.634. The van der Waals surface area contributed by atoms with Gasteiger partial charge in [-0.05, 0) is 6.42 Å². The highest BCUT2D eigenvalue weighted by molar-refractivity contribution is 14.1. The molecule has 0 spiro atoms. The second-order valence-corrected chi connectivity index (χ2v) is 2.00. The molecule has 0 bridgehead atoms. The Kier molecular flexibility index (Phi) is 3.94. The minimum Gasteiger partial charge on any atom is -0.0991 e. The smallest absolute Gasteiger partial charge is 0.0203 e. The van der Waals surface area contributed by atoms with Crippen LogP contribution in [-0.2, 0) is 0 Å². The summed E-state index contributed by atoms with van der Waals surface area (Å²) < 4.78 is 1.11. The second-order valence-electron chi connectivity index (χ2n) is 1.24. The molecule has 0 saturated carbocycles. The van der Waals surface area contributed by atoms with Crippen LogP contribution in [0.5, 0.6) is 0 Å². The predicted molar refractivity (Wildman–Crippen MR) is 38.3 cm³/mol. The number of rotatable bonds is 2. The minimum atomic E-state index is 1.11. The third-order valence-corrected chi connectivity index (χ3v) is 1.77.